The number of aromatic nitrogens is 1. The van der Waals surface area contributed by atoms with Crippen molar-refractivity contribution in [2.24, 2.45) is 0 Å². The van der Waals surface area contributed by atoms with E-state index in [1.165, 1.54) is 12.1 Å². The van der Waals surface area contributed by atoms with Crippen molar-refractivity contribution in [2.45, 2.75) is 25.1 Å². The lowest BCUT2D eigenvalue weighted by atomic mass is 9.88. The molecule has 1 heterocycles. The topological polar surface area (TPSA) is 24.9 Å². The maximum absolute atomic E-state index is 12.8. The van der Waals surface area contributed by atoms with Gasteiger partial charge in [-0.3, -0.25) is 4.98 Å². The number of likely N-dealkylation sites (N-methyl/N-ethyl adjacent to an activating group) is 1. The lowest BCUT2D eigenvalue weighted by Gasteiger charge is -2.25. The number of benzene rings is 1. The molecule has 0 aliphatic rings. The van der Waals surface area contributed by atoms with E-state index in [-0.39, 0.29) is 12.0 Å². The zero-order valence-electron chi connectivity index (χ0n) is 11.9. The van der Waals surface area contributed by atoms with Crippen molar-refractivity contribution in [3.8, 4) is 0 Å². The number of hydrogen-bond donors (Lipinski definition) is 1. The van der Waals surface area contributed by atoms with Crippen molar-refractivity contribution in [3.05, 3.63) is 65.5 Å². The van der Waals surface area contributed by atoms with Crippen molar-refractivity contribution in [1.82, 2.24) is 10.3 Å². The summed E-state index contributed by atoms with van der Waals surface area (Å²) in [6, 6.07) is 9.02. The summed E-state index contributed by atoms with van der Waals surface area (Å²) in [5.74, 6) is 0.0292. The first-order chi connectivity index (χ1) is 9.93. The molecule has 5 heteroatoms. The van der Waals surface area contributed by atoms with Gasteiger partial charge in [0.15, 0.2) is 0 Å². The van der Waals surface area contributed by atoms with Crippen LogP contribution in [-0.4, -0.2) is 12.0 Å². The maximum atomic E-state index is 12.8. The molecule has 0 saturated heterocycles. The van der Waals surface area contributed by atoms with Gasteiger partial charge in [0, 0.05) is 24.4 Å². The van der Waals surface area contributed by atoms with Gasteiger partial charge in [-0.1, -0.05) is 19.1 Å². The number of pyridine rings is 1. The predicted molar refractivity (Wildman–Crippen MR) is 75.9 cm³/mol. The molecule has 0 amide bonds. The molecule has 0 aliphatic carbocycles. The molecule has 2 atom stereocenters. The standard InChI is InChI=1S/C16H17F3N2/c1-11(12-6-8-21-9-7-12)15(20-2)13-4-3-5-14(10-13)16(17,18)19/h3-11,15,20H,1-2H3. The third kappa shape index (κ3) is 3.61. The molecular weight excluding hydrogens is 277 g/mol. The molecule has 2 nitrogen and oxygen atoms in total. The molecule has 0 saturated carbocycles. The van der Waals surface area contributed by atoms with Gasteiger partial charge in [0.05, 0.1) is 5.56 Å². The summed E-state index contributed by atoms with van der Waals surface area (Å²) >= 11 is 0. The summed E-state index contributed by atoms with van der Waals surface area (Å²) in [5, 5.41) is 3.11. The summed E-state index contributed by atoms with van der Waals surface area (Å²) in [4.78, 5) is 3.96. The van der Waals surface area contributed by atoms with E-state index in [0.717, 1.165) is 11.6 Å². The third-order valence-electron chi connectivity index (χ3n) is 3.62. The number of hydrogen-bond acceptors (Lipinski definition) is 2. The van der Waals surface area contributed by atoms with Gasteiger partial charge in [-0.25, -0.2) is 0 Å². The van der Waals surface area contributed by atoms with Crippen molar-refractivity contribution < 1.29 is 13.2 Å². The number of halogens is 3. The van der Waals surface area contributed by atoms with E-state index in [1.807, 2.05) is 19.1 Å². The second-order valence-corrected chi connectivity index (χ2v) is 4.96. The van der Waals surface area contributed by atoms with Crippen LogP contribution in [0.5, 0.6) is 0 Å². The van der Waals surface area contributed by atoms with Gasteiger partial charge in [-0.05, 0) is 42.4 Å². The fraction of sp³-hybridized carbons (Fsp3) is 0.312. The Morgan fingerprint density at radius 1 is 1.05 bits per heavy atom. The Kier molecular flexibility index (Phi) is 4.63. The average molecular weight is 294 g/mol. The molecule has 0 bridgehead atoms. The van der Waals surface area contributed by atoms with Crippen molar-refractivity contribution >= 4 is 0 Å². The molecule has 2 rings (SSSR count). The van der Waals surface area contributed by atoms with Crippen molar-refractivity contribution in [3.63, 3.8) is 0 Å². The molecule has 2 unspecified atom stereocenters. The minimum absolute atomic E-state index is 0.0292. The fourth-order valence-corrected chi connectivity index (χ4v) is 2.47. The van der Waals surface area contributed by atoms with Gasteiger partial charge in [0.25, 0.3) is 0 Å². The largest absolute Gasteiger partial charge is 0.416 e. The molecule has 112 valence electrons. The van der Waals surface area contributed by atoms with E-state index >= 15 is 0 Å². The maximum Gasteiger partial charge on any atom is 0.416 e. The Morgan fingerprint density at radius 2 is 1.71 bits per heavy atom. The number of alkyl halides is 3. The molecule has 1 aromatic carbocycles. The molecule has 1 aromatic heterocycles. The van der Waals surface area contributed by atoms with Crippen LogP contribution in [0.3, 0.4) is 0 Å². The quantitative estimate of drug-likeness (QED) is 0.915. The zero-order chi connectivity index (χ0) is 15.5. The predicted octanol–water partition coefficient (Wildman–Crippen LogP) is 4.16. The van der Waals surface area contributed by atoms with Crippen LogP contribution in [-0.2, 0) is 6.18 Å². The summed E-state index contributed by atoms with van der Waals surface area (Å²) in [6.07, 6.45) is -0.955. The van der Waals surface area contributed by atoms with Gasteiger partial charge in [-0.2, -0.15) is 13.2 Å². The zero-order valence-corrected chi connectivity index (χ0v) is 11.9. The lowest BCUT2D eigenvalue weighted by Crippen LogP contribution is -2.22. The van der Waals surface area contributed by atoms with E-state index < -0.39 is 11.7 Å². The van der Waals surface area contributed by atoms with Crippen molar-refractivity contribution in [2.75, 3.05) is 7.05 Å². The van der Waals surface area contributed by atoms with E-state index in [0.29, 0.717) is 5.56 Å². The van der Waals surface area contributed by atoms with Crippen LogP contribution in [0.1, 0.15) is 35.6 Å². The molecule has 1 N–H and O–H groups in total. The van der Waals surface area contributed by atoms with Gasteiger partial charge in [0.1, 0.15) is 0 Å². The van der Waals surface area contributed by atoms with Gasteiger partial charge < -0.3 is 5.32 Å². The molecule has 0 spiro atoms. The summed E-state index contributed by atoms with van der Waals surface area (Å²) in [5.41, 5.74) is 1.03. The molecule has 0 radical (unpaired) electrons. The monoisotopic (exact) mass is 294 g/mol. The Labute approximate surface area is 122 Å². The molecule has 2 aromatic rings. The smallest absolute Gasteiger partial charge is 0.312 e. The summed E-state index contributed by atoms with van der Waals surface area (Å²) in [7, 11) is 1.75. The highest BCUT2D eigenvalue weighted by atomic mass is 19.4. The minimum atomic E-state index is -4.33. The Morgan fingerprint density at radius 3 is 2.29 bits per heavy atom. The van der Waals surface area contributed by atoms with Crippen LogP contribution in [0.4, 0.5) is 13.2 Å². The van der Waals surface area contributed by atoms with Crippen LogP contribution in [0.15, 0.2) is 48.8 Å². The minimum Gasteiger partial charge on any atom is -0.312 e. The van der Waals surface area contributed by atoms with E-state index in [9.17, 15) is 13.2 Å². The highest BCUT2D eigenvalue weighted by Crippen LogP contribution is 2.34. The fourth-order valence-electron chi connectivity index (χ4n) is 2.47. The SMILES string of the molecule is CNC(c1cccc(C(F)(F)F)c1)C(C)c1ccncc1. The second kappa shape index (κ2) is 6.26. The molecule has 21 heavy (non-hydrogen) atoms. The molecular formula is C16H17F3N2. The van der Waals surface area contributed by atoms with E-state index in [1.54, 1.807) is 25.5 Å². The Balaban J connectivity index is 2.34. The van der Waals surface area contributed by atoms with Crippen LogP contribution in [0, 0.1) is 0 Å². The number of rotatable bonds is 4. The van der Waals surface area contributed by atoms with Crippen LogP contribution in [0.25, 0.3) is 0 Å². The average Bonchev–Trinajstić information content (AvgIpc) is 2.48. The summed E-state index contributed by atoms with van der Waals surface area (Å²) < 4.78 is 38.5. The first-order valence-corrected chi connectivity index (χ1v) is 6.68. The van der Waals surface area contributed by atoms with Crippen LogP contribution in [0.2, 0.25) is 0 Å². The normalized spacial score (nSPS) is 14.7. The van der Waals surface area contributed by atoms with Gasteiger partial charge in [-0.15, -0.1) is 0 Å². The highest BCUT2D eigenvalue weighted by molar-refractivity contribution is 5.31. The Hall–Kier alpha value is -1.88. The second-order valence-electron chi connectivity index (χ2n) is 4.96. The lowest BCUT2D eigenvalue weighted by molar-refractivity contribution is -0.137. The van der Waals surface area contributed by atoms with Crippen LogP contribution < -0.4 is 5.32 Å². The number of nitrogens with one attached hydrogen (secondary N) is 1. The van der Waals surface area contributed by atoms with Gasteiger partial charge >= 0.3 is 6.18 Å². The third-order valence-corrected chi connectivity index (χ3v) is 3.62. The highest BCUT2D eigenvalue weighted by Gasteiger charge is 2.31. The van der Waals surface area contributed by atoms with Gasteiger partial charge in [0.2, 0.25) is 0 Å². The first kappa shape index (κ1) is 15.5. The molecule has 0 aliphatic heterocycles. The first-order valence-electron chi connectivity index (χ1n) is 6.68. The van der Waals surface area contributed by atoms with E-state index in [4.69, 9.17) is 0 Å². The van der Waals surface area contributed by atoms with Crippen molar-refractivity contribution in [1.29, 1.82) is 0 Å². The molecule has 0 fully saturated rings. The van der Waals surface area contributed by atoms with Crippen LogP contribution >= 0.6 is 0 Å². The summed E-state index contributed by atoms with van der Waals surface area (Å²) in [6.45, 7) is 1.98. The van der Waals surface area contributed by atoms with E-state index in [2.05, 4.69) is 10.3 Å². The Bertz CT molecular complexity index is 582. The number of nitrogens with zero attached hydrogens (tertiary/aromatic N) is 1.